The summed E-state index contributed by atoms with van der Waals surface area (Å²) in [5.41, 5.74) is 2.19. The highest BCUT2D eigenvalue weighted by atomic mass is 16.4. The maximum absolute atomic E-state index is 13.0. The molecule has 2 aromatic heterocycles. The van der Waals surface area contributed by atoms with Gasteiger partial charge in [-0.3, -0.25) is 9.59 Å². The van der Waals surface area contributed by atoms with E-state index in [4.69, 9.17) is 4.42 Å². The minimum atomic E-state index is -0.466. The number of benzene rings is 1. The molecular weight excluding hydrogens is 396 g/mol. The predicted molar refractivity (Wildman–Crippen MR) is 115 cm³/mol. The van der Waals surface area contributed by atoms with Crippen molar-refractivity contribution in [3.8, 4) is 5.75 Å². The van der Waals surface area contributed by atoms with Gasteiger partial charge in [0.2, 0.25) is 5.91 Å². The Morgan fingerprint density at radius 3 is 2.84 bits per heavy atom. The Kier molecular flexibility index (Phi) is 4.68. The van der Waals surface area contributed by atoms with Crippen LogP contribution in [0.5, 0.6) is 5.75 Å². The molecule has 0 spiro atoms. The van der Waals surface area contributed by atoms with E-state index in [-0.39, 0.29) is 35.5 Å². The number of nitrogens with zero attached hydrogens (tertiary/aromatic N) is 2. The average molecular weight is 420 g/mol. The molecule has 0 radical (unpaired) electrons. The molecule has 0 aliphatic carbocycles. The minimum absolute atomic E-state index is 0.0195. The number of likely N-dealkylation sites (tertiary alicyclic amines) is 1. The highest BCUT2D eigenvalue weighted by molar-refractivity contribution is 5.82. The number of rotatable bonds is 3. The number of carbonyl (C=O) groups excluding carboxylic acids is 1. The molecule has 0 saturated carbocycles. The summed E-state index contributed by atoms with van der Waals surface area (Å²) >= 11 is 0. The van der Waals surface area contributed by atoms with E-state index < -0.39 is 5.63 Å². The maximum atomic E-state index is 13.0. The van der Waals surface area contributed by atoms with Crippen molar-refractivity contribution in [2.24, 2.45) is 5.92 Å². The zero-order valence-corrected chi connectivity index (χ0v) is 17.3. The predicted octanol–water partition coefficient (Wildman–Crippen LogP) is 2.55. The van der Waals surface area contributed by atoms with Crippen molar-refractivity contribution in [2.75, 3.05) is 13.1 Å². The van der Waals surface area contributed by atoms with Gasteiger partial charge in [0.1, 0.15) is 11.3 Å². The number of piperidine rings is 1. The van der Waals surface area contributed by atoms with Crippen LogP contribution in [0.4, 0.5) is 0 Å². The first-order valence-corrected chi connectivity index (χ1v) is 10.6. The summed E-state index contributed by atoms with van der Waals surface area (Å²) in [7, 11) is 0. The lowest BCUT2D eigenvalue weighted by molar-refractivity contribution is -0.133. The van der Waals surface area contributed by atoms with E-state index in [2.05, 4.69) is 0 Å². The van der Waals surface area contributed by atoms with E-state index in [9.17, 15) is 19.5 Å². The largest absolute Gasteiger partial charge is 0.508 e. The first-order chi connectivity index (χ1) is 14.9. The van der Waals surface area contributed by atoms with Crippen LogP contribution in [0.2, 0.25) is 0 Å². The Balaban J connectivity index is 1.34. The zero-order chi connectivity index (χ0) is 21.7. The third-order valence-corrected chi connectivity index (χ3v) is 6.69. The van der Waals surface area contributed by atoms with Crippen LogP contribution in [0.1, 0.15) is 35.6 Å². The monoisotopic (exact) mass is 420 g/mol. The fourth-order valence-corrected chi connectivity index (χ4v) is 5.16. The molecule has 3 aromatic rings. The summed E-state index contributed by atoms with van der Waals surface area (Å²) in [4.78, 5) is 39.5. The van der Waals surface area contributed by atoms with Gasteiger partial charge in [0, 0.05) is 60.7 Å². The molecule has 2 bridgehead atoms. The fourth-order valence-electron chi connectivity index (χ4n) is 5.16. The molecule has 4 heterocycles. The number of aromatic hydroxyl groups is 1. The molecule has 2 aliphatic heterocycles. The van der Waals surface area contributed by atoms with Gasteiger partial charge in [0.25, 0.3) is 5.56 Å². The quantitative estimate of drug-likeness (QED) is 0.658. The van der Waals surface area contributed by atoms with Crippen molar-refractivity contribution in [3.05, 3.63) is 74.0 Å². The summed E-state index contributed by atoms with van der Waals surface area (Å²) in [6.45, 7) is 3.73. The summed E-state index contributed by atoms with van der Waals surface area (Å²) in [6.07, 6.45) is 1.54. The van der Waals surface area contributed by atoms with E-state index >= 15 is 0 Å². The lowest BCUT2D eigenvalue weighted by Crippen LogP contribution is -2.49. The molecule has 7 nitrogen and oxygen atoms in total. The van der Waals surface area contributed by atoms with Crippen LogP contribution >= 0.6 is 0 Å². The van der Waals surface area contributed by atoms with Crippen LogP contribution in [0.25, 0.3) is 11.0 Å². The number of amides is 1. The molecule has 2 aliphatic rings. The third kappa shape index (κ3) is 3.44. The number of pyridine rings is 1. The molecule has 1 saturated heterocycles. The molecule has 1 N–H and O–H groups in total. The molecule has 31 heavy (non-hydrogen) atoms. The number of aryl methyl sites for hydroxylation is 1. The fraction of sp³-hybridized carbons (Fsp3) is 0.375. The average Bonchev–Trinajstić information content (AvgIpc) is 2.74. The van der Waals surface area contributed by atoms with Crippen LogP contribution in [-0.2, 0) is 17.8 Å². The Morgan fingerprint density at radius 2 is 2.00 bits per heavy atom. The number of fused-ring (bicyclic) bond motifs is 5. The van der Waals surface area contributed by atoms with Gasteiger partial charge in [0.15, 0.2) is 0 Å². The molecule has 1 aromatic carbocycles. The number of hydrogen-bond donors (Lipinski definition) is 1. The minimum Gasteiger partial charge on any atom is -0.508 e. The number of phenolic OH excluding ortho intramolecular Hbond substituents is 1. The summed E-state index contributed by atoms with van der Waals surface area (Å²) in [5, 5.41) is 10.4. The van der Waals surface area contributed by atoms with Gasteiger partial charge in [-0.25, -0.2) is 4.79 Å². The van der Waals surface area contributed by atoms with Crippen molar-refractivity contribution in [1.82, 2.24) is 9.47 Å². The molecule has 1 amide bonds. The second kappa shape index (κ2) is 7.41. The Labute approximate surface area is 178 Å². The zero-order valence-electron chi connectivity index (χ0n) is 17.3. The molecule has 5 rings (SSSR count). The van der Waals surface area contributed by atoms with Gasteiger partial charge < -0.3 is 19.0 Å². The van der Waals surface area contributed by atoms with E-state index in [1.165, 1.54) is 6.07 Å². The molecule has 1 fully saturated rings. The molecule has 1 unspecified atom stereocenters. The topological polar surface area (TPSA) is 92.8 Å². The van der Waals surface area contributed by atoms with Crippen molar-refractivity contribution in [2.45, 2.75) is 38.6 Å². The van der Waals surface area contributed by atoms with Crippen LogP contribution < -0.4 is 11.2 Å². The van der Waals surface area contributed by atoms with Gasteiger partial charge >= 0.3 is 5.63 Å². The van der Waals surface area contributed by atoms with Gasteiger partial charge in [-0.2, -0.15) is 0 Å². The number of carbonyl (C=O) groups is 1. The van der Waals surface area contributed by atoms with Crippen LogP contribution in [0, 0.1) is 12.8 Å². The summed E-state index contributed by atoms with van der Waals surface area (Å²) < 4.78 is 7.22. The first-order valence-electron chi connectivity index (χ1n) is 10.6. The highest BCUT2D eigenvalue weighted by Crippen LogP contribution is 2.35. The summed E-state index contributed by atoms with van der Waals surface area (Å²) in [6, 6.07) is 10.1. The van der Waals surface area contributed by atoms with Gasteiger partial charge in [-0.1, -0.05) is 6.07 Å². The third-order valence-electron chi connectivity index (χ3n) is 6.69. The number of hydrogen-bond acceptors (Lipinski definition) is 5. The number of aromatic nitrogens is 1. The van der Waals surface area contributed by atoms with Crippen LogP contribution in [0.15, 0.2) is 50.4 Å². The van der Waals surface area contributed by atoms with Crippen molar-refractivity contribution in [3.63, 3.8) is 0 Å². The molecular formula is C24H24N2O5. The Morgan fingerprint density at radius 1 is 1.16 bits per heavy atom. The Bertz CT molecular complexity index is 1310. The van der Waals surface area contributed by atoms with E-state index in [1.807, 2.05) is 22.5 Å². The second-order valence-corrected chi connectivity index (χ2v) is 8.67. The van der Waals surface area contributed by atoms with Crippen LogP contribution in [0.3, 0.4) is 0 Å². The van der Waals surface area contributed by atoms with Crippen molar-refractivity contribution < 1.29 is 14.3 Å². The van der Waals surface area contributed by atoms with Crippen molar-refractivity contribution in [1.29, 1.82) is 0 Å². The lowest BCUT2D eigenvalue weighted by atomic mass is 9.83. The molecule has 7 heteroatoms. The van der Waals surface area contributed by atoms with Crippen LogP contribution in [-0.4, -0.2) is 33.6 Å². The van der Waals surface area contributed by atoms with E-state index in [0.717, 1.165) is 23.1 Å². The van der Waals surface area contributed by atoms with Gasteiger partial charge in [-0.15, -0.1) is 0 Å². The Hall–Kier alpha value is -3.35. The number of phenols is 1. The second-order valence-electron chi connectivity index (χ2n) is 8.67. The first kappa shape index (κ1) is 19.6. The molecule has 160 valence electrons. The highest BCUT2D eigenvalue weighted by Gasteiger charge is 2.36. The summed E-state index contributed by atoms with van der Waals surface area (Å²) in [5.74, 6) is 0.504. The van der Waals surface area contributed by atoms with Crippen molar-refractivity contribution >= 4 is 16.9 Å². The smallest absolute Gasteiger partial charge is 0.339 e. The van der Waals surface area contributed by atoms with E-state index in [1.54, 1.807) is 24.3 Å². The van der Waals surface area contributed by atoms with Gasteiger partial charge in [-0.05, 0) is 49.4 Å². The maximum Gasteiger partial charge on any atom is 0.339 e. The normalized spacial score (nSPS) is 20.0. The lowest BCUT2D eigenvalue weighted by Gasteiger charge is -2.42. The van der Waals surface area contributed by atoms with E-state index in [0.29, 0.717) is 37.2 Å². The van der Waals surface area contributed by atoms with Gasteiger partial charge in [0.05, 0.1) is 0 Å². The SMILES string of the molecule is Cc1c(CCC(=O)N2CC3C[C@H](C2)Cn2c3cccc2=O)c(=O)oc2cc(O)ccc12. The standard InChI is InChI=1S/C24H24N2O5/c1-14-18-6-5-17(27)10-21(18)31-24(30)19(14)7-8-22(28)25-11-15-9-16(13-25)20-3-2-4-23(29)26(20)12-15/h2-6,10,15-16,27H,7-9,11-13H2,1H3/t15-,16?/m1/s1. The molecule has 2 atom stereocenters.